The Balaban J connectivity index is 2.02. The summed E-state index contributed by atoms with van der Waals surface area (Å²) in [5, 5.41) is 16.8. The highest BCUT2D eigenvalue weighted by Crippen LogP contribution is 2.57. The smallest absolute Gasteiger partial charge is 0.321 e. The van der Waals surface area contributed by atoms with E-state index in [0.717, 1.165) is 5.56 Å². The number of halogens is 2. The van der Waals surface area contributed by atoms with Crippen molar-refractivity contribution in [2.45, 2.75) is 43.7 Å². The fraction of sp³-hybridized carbons (Fsp3) is 0.364. The largest absolute Gasteiger partial charge is 0.480 e. The zero-order valence-electron chi connectivity index (χ0n) is 16.1. The van der Waals surface area contributed by atoms with Gasteiger partial charge in [-0.3, -0.25) is 14.9 Å². The van der Waals surface area contributed by atoms with E-state index in [0.29, 0.717) is 22.7 Å². The molecule has 2 aromatic carbocycles. The van der Waals surface area contributed by atoms with Crippen molar-refractivity contribution in [1.82, 2.24) is 5.32 Å². The Morgan fingerprint density at radius 2 is 1.86 bits per heavy atom. The van der Waals surface area contributed by atoms with Crippen LogP contribution in [0.5, 0.6) is 0 Å². The molecule has 1 saturated heterocycles. The van der Waals surface area contributed by atoms with Crippen LogP contribution in [-0.4, -0.2) is 29.1 Å². The minimum absolute atomic E-state index is 0.243. The summed E-state index contributed by atoms with van der Waals surface area (Å²) in [4.78, 5) is 25.9. The van der Waals surface area contributed by atoms with Gasteiger partial charge in [-0.25, -0.2) is 0 Å². The minimum atomic E-state index is -1.10. The van der Waals surface area contributed by atoms with Gasteiger partial charge in [0.2, 0.25) is 5.91 Å². The van der Waals surface area contributed by atoms with E-state index in [9.17, 15) is 14.7 Å². The molecule has 0 aromatic heterocycles. The predicted octanol–water partition coefficient (Wildman–Crippen LogP) is 4.44. The SMILES string of the molecule is CC(C)CC1NC(C(=O)O)C(c2ccccc2)C12C(=O)Nc1c2ccc(Cl)c1Cl. The van der Waals surface area contributed by atoms with Crippen molar-refractivity contribution in [3.05, 3.63) is 63.6 Å². The quantitative estimate of drug-likeness (QED) is 0.667. The molecule has 1 spiro atoms. The number of hydrogen-bond acceptors (Lipinski definition) is 3. The molecule has 0 bridgehead atoms. The van der Waals surface area contributed by atoms with Gasteiger partial charge in [-0.2, -0.15) is 0 Å². The van der Waals surface area contributed by atoms with Crippen LogP contribution in [0.25, 0.3) is 0 Å². The van der Waals surface area contributed by atoms with Crippen molar-refractivity contribution in [3.63, 3.8) is 0 Å². The van der Waals surface area contributed by atoms with Crippen molar-refractivity contribution in [3.8, 4) is 0 Å². The normalized spacial score (nSPS) is 28.0. The van der Waals surface area contributed by atoms with E-state index in [1.807, 2.05) is 30.3 Å². The zero-order chi connectivity index (χ0) is 20.9. The molecule has 2 heterocycles. The lowest BCUT2D eigenvalue weighted by Gasteiger charge is -2.35. The topological polar surface area (TPSA) is 78.4 Å². The number of aliphatic carboxylic acids is 1. The van der Waals surface area contributed by atoms with Gasteiger partial charge in [0.05, 0.1) is 15.7 Å². The van der Waals surface area contributed by atoms with Crippen LogP contribution in [0.2, 0.25) is 10.0 Å². The fourth-order valence-electron chi connectivity index (χ4n) is 4.99. The Morgan fingerprint density at radius 3 is 2.48 bits per heavy atom. The standard InChI is InChI=1S/C22H22Cl2N2O3/c1-11(2)10-15-22(13-8-9-14(23)17(24)18(13)26-21(22)29)16(19(25-15)20(27)28)12-6-4-3-5-7-12/h3-9,11,15-16,19,25H,10H2,1-2H3,(H,26,29)(H,27,28). The average Bonchev–Trinajstić information content (AvgIpc) is 3.16. The summed E-state index contributed by atoms with van der Waals surface area (Å²) >= 11 is 12.6. The zero-order valence-corrected chi connectivity index (χ0v) is 17.6. The number of nitrogens with one attached hydrogen (secondary N) is 2. The van der Waals surface area contributed by atoms with Crippen LogP contribution in [0.4, 0.5) is 5.69 Å². The van der Waals surface area contributed by atoms with E-state index in [2.05, 4.69) is 24.5 Å². The van der Waals surface area contributed by atoms with Gasteiger partial charge < -0.3 is 10.4 Å². The lowest BCUT2D eigenvalue weighted by molar-refractivity contribution is -0.139. The molecule has 2 aliphatic rings. The second kappa shape index (κ2) is 7.31. The molecule has 0 aliphatic carbocycles. The van der Waals surface area contributed by atoms with Crippen LogP contribution < -0.4 is 10.6 Å². The minimum Gasteiger partial charge on any atom is -0.480 e. The Morgan fingerprint density at radius 1 is 1.17 bits per heavy atom. The third-order valence-electron chi connectivity index (χ3n) is 6.04. The van der Waals surface area contributed by atoms with Crippen LogP contribution in [0.15, 0.2) is 42.5 Å². The van der Waals surface area contributed by atoms with E-state index < -0.39 is 23.3 Å². The summed E-state index contributed by atoms with van der Waals surface area (Å²) in [6.07, 6.45) is 0.639. The number of fused-ring (bicyclic) bond motifs is 2. The molecular weight excluding hydrogens is 411 g/mol. The number of carboxylic acids is 1. The fourth-order valence-corrected chi connectivity index (χ4v) is 5.36. The third kappa shape index (κ3) is 2.95. The molecule has 0 saturated carbocycles. The van der Waals surface area contributed by atoms with Crippen LogP contribution in [0, 0.1) is 5.92 Å². The van der Waals surface area contributed by atoms with Crippen LogP contribution >= 0.6 is 23.2 Å². The van der Waals surface area contributed by atoms with E-state index in [1.165, 1.54) is 0 Å². The van der Waals surface area contributed by atoms with Gasteiger partial charge >= 0.3 is 5.97 Å². The number of carboxylic acid groups (broad SMARTS) is 1. The summed E-state index contributed by atoms with van der Waals surface area (Å²) in [6.45, 7) is 4.12. The first-order valence-electron chi connectivity index (χ1n) is 9.62. The molecule has 1 amide bonds. The molecule has 29 heavy (non-hydrogen) atoms. The monoisotopic (exact) mass is 432 g/mol. The number of rotatable bonds is 4. The van der Waals surface area contributed by atoms with E-state index in [-0.39, 0.29) is 22.9 Å². The second-order valence-corrected chi connectivity index (χ2v) is 8.95. The Bertz CT molecular complexity index is 980. The maximum atomic E-state index is 13.6. The summed E-state index contributed by atoms with van der Waals surface area (Å²) < 4.78 is 0. The van der Waals surface area contributed by atoms with Crippen molar-refractivity contribution < 1.29 is 14.7 Å². The Hall–Kier alpha value is -2.08. The highest BCUT2D eigenvalue weighted by atomic mass is 35.5. The number of hydrogen-bond donors (Lipinski definition) is 3. The first kappa shape index (κ1) is 20.2. The van der Waals surface area contributed by atoms with Crippen molar-refractivity contribution in [1.29, 1.82) is 0 Å². The lowest BCUT2D eigenvalue weighted by atomic mass is 9.63. The maximum Gasteiger partial charge on any atom is 0.321 e. The van der Waals surface area contributed by atoms with E-state index in [4.69, 9.17) is 23.2 Å². The summed E-state index contributed by atoms with van der Waals surface area (Å²) in [5.41, 5.74) is 0.880. The molecule has 4 rings (SSSR count). The van der Waals surface area contributed by atoms with Gasteiger partial charge in [0.25, 0.3) is 0 Å². The van der Waals surface area contributed by atoms with Crippen molar-refractivity contribution in [2.75, 3.05) is 5.32 Å². The van der Waals surface area contributed by atoms with Crippen LogP contribution in [-0.2, 0) is 15.0 Å². The number of benzene rings is 2. The molecule has 2 aromatic rings. The lowest BCUT2D eigenvalue weighted by Crippen LogP contribution is -2.48. The summed E-state index contributed by atoms with van der Waals surface area (Å²) in [7, 11) is 0. The molecule has 3 N–H and O–H groups in total. The molecular formula is C22H22Cl2N2O3. The molecule has 7 heteroatoms. The van der Waals surface area contributed by atoms with Crippen LogP contribution in [0.1, 0.15) is 37.3 Å². The predicted molar refractivity (Wildman–Crippen MR) is 114 cm³/mol. The molecule has 152 valence electrons. The molecule has 4 atom stereocenters. The van der Waals surface area contributed by atoms with Crippen LogP contribution in [0.3, 0.4) is 0 Å². The van der Waals surface area contributed by atoms with Gasteiger partial charge in [0.15, 0.2) is 0 Å². The van der Waals surface area contributed by atoms with Gasteiger partial charge in [-0.15, -0.1) is 0 Å². The van der Waals surface area contributed by atoms with Gasteiger partial charge in [0, 0.05) is 12.0 Å². The first-order valence-corrected chi connectivity index (χ1v) is 10.4. The molecule has 1 fully saturated rings. The number of carbonyl (C=O) groups is 2. The highest BCUT2D eigenvalue weighted by molar-refractivity contribution is 6.44. The van der Waals surface area contributed by atoms with Gasteiger partial charge in [-0.05, 0) is 29.5 Å². The molecule has 5 nitrogen and oxygen atoms in total. The number of carbonyl (C=O) groups excluding carboxylic acids is 1. The maximum absolute atomic E-state index is 13.6. The third-order valence-corrected chi connectivity index (χ3v) is 6.85. The summed E-state index contributed by atoms with van der Waals surface area (Å²) in [6, 6.07) is 11.6. The molecule has 0 radical (unpaired) electrons. The first-order chi connectivity index (χ1) is 13.8. The van der Waals surface area contributed by atoms with Crippen molar-refractivity contribution in [2.24, 2.45) is 5.92 Å². The highest BCUT2D eigenvalue weighted by Gasteiger charge is 2.65. The van der Waals surface area contributed by atoms with Crippen molar-refractivity contribution >= 4 is 40.8 Å². The summed E-state index contributed by atoms with van der Waals surface area (Å²) in [5.74, 6) is -1.56. The average molecular weight is 433 g/mol. The van der Waals surface area contributed by atoms with Gasteiger partial charge in [-0.1, -0.05) is 73.4 Å². The Kier molecular flexibility index (Phi) is 5.09. The number of anilines is 1. The second-order valence-electron chi connectivity index (χ2n) is 8.16. The Labute approximate surface area is 179 Å². The molecule has 4 unspecified atom stereocenters. The number of amides is 1. The van der Waals surface area contributed by atoms with E-state index in [1.54, 1.807) is 12.1 Å². The van der Waals surface area contributed by atoms with E-state index >= 15 is 0 Å². The van der Waals surface area contributed by atoms with Gasteiger partial charge in [0.1, 0.15) is 11.5 Å². The molecule has 2 aliphatic heterocycles.